The molecule has 1 aliphatic heterocycles. The summed E-state index contributed by atoms with van der Waals surface area (Å²) in [5.41, 5.74) is 1.14. The van der Waals surface area contributed by atoms with Gasteiger partial charge in [-0.3, -0.25) is 4.79 Å². The van der Waals surface area contributed by atoms with Crippen LogP contribution in [0.1, 0.15) is 37.7 Å². The highest BCUT2D eigenvalue weighted by Crippen LogP contribution is 2.23. The summed E-state index contributed by atoms with van der Waals surface area (Å²) < 4.78 is 5.22. The van der Waals surface area contributed by atoms with Crippen molar-refractivity contribution in [2.45, 2.75) is 38.1 Å². The Bertz CT molecular complexity index is 442. The Hall–Kier alpha value is -1.55. The van der Waals surface area contributed by atoms with Gasteiger partial charge in [0.15, 0.2) is 0 Å². The second-order valence-electron chi connectivity index (χ2n) is 5.49. The summed E-state index contributed by atoms with van der Waals surface area (Å²) in [5, 5.41) is 6.42. The molecule has 1 heterocycles. The molecule has 20 heavy (non-hydrogen) atoms. The van der Waals surface area contributed by atoms with E-state index in [-0.39, 0.29) is 17.9 Å². The second-order valence-corrected chi connectivity index (χ2v) is 5.49. The van der Waals surface area contributed by atoms with Gasteiger partial charge in [0.1, 0.15) is 5.75 Å². The molecule has 4 nitrogen and oxygen atoms in total. The normalized spacial score (nSPS) is 20.2. The number of benzene rings is 1. The van der Waals surface area contributed by atoms with Gasteiger partial charge in [0, 0.05) is 19.0 Å². The van der Waals surface area contributed by atoms with Crippen molar-refractivity contribution in [2.24, 2.45) is 0 Å². The number of piperidine rings is 1. The maximum atomic E-state index is 12.1. The molecule has 1 unspecified atom stereocenters. The quantitative estimate of drug-likeness (QED) is 0.865. The van der Waals surface area contributed by atoms with Gasteiger partial charge in [0.25, 0.3) is 0 Å². The summed E-state index contributed by atoms with van der Waals surface area (Å²) in [4.78, 5) is 12.1. The number of carbonyl (C=O) groups is 1. The van der Waals surface area contributed by atoms with Crippen LogP contribution < -0.4 is 15.4 Å². The maximum absolute atomic E-state index is 12.1. The minimum absolute atomic E-state index is 0.133. The molecule has 1 aliphatic rings. The van der Waals surface area contributed by atoms with Crippen LogP contribution in [0.2, 0.25) is 0 Å². The van der Waals surface area contributed by atoms with Gasteiger partial charge in [0.2, 0.25) is 5.91 Å². The van der Waals surface area contributed by atoms with E-state index in [1.54, 1.807) is 7.11 Å². The Labute approximate surface area is 120 Å². The summed E-state index contributed by atoms with van der Waals surface area (Å²) in [6, 6.07) is 8.22. The Balaban J connectivity index is 1.86. The van der Waals surface area contributed by atoms with Crippen LogP contribution in [0.5, 0.6) is 5.75 Å². The summed E-state index contributed by atoms with van der Waals surface area (Å²) in [7, 11) is 1.66. The van der Waals surface area contributed by atoms with Crippen molar-refractivity contribution in [1.82, 2.24) is 10.6 Å². The zero-order valence-electron chi connectivity index (χ0n) is 12.3. The first-order valence-corrected chi connectivity index (χ1v) is 7.33. The first-order chi connectivity index (χ1) is 9.69. The fourth-order valence-corrected chi connectivity index (χ4v) is 2.61. The van der Waals surface area contributed by atoms with Crippen LogP contribution in [0.3, 0.4) is 0 Å². The summed E-state index contributed by atoms with van der Waals surface area (Å²) in [6.45, 7) is 4.03. The van der Waals surface area contributed by atoms with E-state index in [0.29, 0.717) is 6.42 Å². The van der Waals surface area contributed by atoms with Gasteiger partial charge in [-0.25, -0.2) is 0 Å². The van der Waals surface area contributed by atoms with Gasteiger partial charge in [-0.1, -0.05) is 19.1 Å². The Kier molecular flexibility index (Phi) is 5.41. The SMILES string of the molecule is COc1cccc(C(C)CC(=O)N[C@H]2CCCNC2)c1. The number of methoxy groups -OCH3 is 1. The highest BCUT2D eigenvalue weighted by atomic mass is 16.5. The molecule has 0 saturated carbocycles. The molecule has 110 valence electrons. The van der Waals surface area contributed by atoms with Gasteiger partial charge in [0.05, 0.1) is 7.11 Å². The van der Waals surface area contributed by atoms with E-state index in [0.717, 1.165) is 37.2 Å². The molecular formula is C16H24N2O2. The zero-order chi connectivity index (χ0) is 14.4. The number of hydrogen-bond donors (Lipinski definition) is 2. The first kappa shape index (κ1) is 14.9. The molecule has 0 spiro atoms. The molecular weight excluding hydrogens is 252 g/mol. The molecule has 2 rings (SSSR count). The van der Waals surface area contributed by atoms with Crippen LogP contribution in [0.4, 0.5) is 0 Å². The zero-order valence-corrected chi connectivity index (χ0v) is 12.3. The van der Waals surface area contributed by atoms with Crippen LogP contribution >= 0.6 is 0 Å². The van der Waals surface area contributed by atoms with Gasteiger partial charge in [-0.15, -0.1) is 0 Å². The van der Waals surface area contributed by atoms with E-state index >= 15 is 0 Å². The summed E-state index contributed by atoms with van der Waals surface area (Å²) >= 11 is 0. The average molecular weight is 276 g/mol. The van der Waals surface area contributed by atoms with Crippen LogP contribution in [-0.4, -0.2) is 32.1 Å². The minimum atomic E-state index is 0.133. The maximum Gasteiger partial charge on any atom is 0.220 e. The third-order valence-corrected chi connectivity index (χ3v) is 3.82. The summed E-state index contributed by atoms with van der Waals surface area (Å²) in [5.74, 6) is 1.17. The van der Waals surface area contributed by atoms with Crippen molar-refractivity contribution in [2.75, 3.05) is 20.2 Å². The van der Waals surface area contributed by atoms with Crippen molar-refractivity contribution in [3.63, 3.8) is 0 Å². The Morgan fingerprint density at radius 1 is 1.55 bits per heavy atom. The average Bonchev–Trinajstić information content (AvgIpc) is 2.48. The van der Waals surface area contributed by atoms with E-state index < -0.39 is 0 Å². The number of rotatable bonds is 5. The van der Waals surface area contributed by atoms with E-state index in [2.05, 4.69) is 17.6 Å². The molecule has 0 aromatic heterocycles. The molecule has 4 heteroatoms. The first-order valence-electron chi connectivity index (χ1n) is 7.33. The Morgan fingerprint density at radius 3 is 3.10 bits per heavy atom. The standard InChI is InChI=1S/C16H24N2O2/c1-12(13-5-3-7-15(10-13)20-2)9-16(19)18-14-6-4-8-17-11-14/h3,5,7,10,12,14,17H,4,6,8-9,11H2,1-2H3,(H,18,19)/t12?,14-/m0/s1. The lowest BCUT2D eigenvalue weighted by Crippen LogP contribution is -2.45. The largest absolute Gasteiger partial charge is 0.497 e. The van der Waals surface area contributed by atoms with Gasteiger partial charge < -0.3 is 15.4 Å². The molecule has 0 bridgehead atoms. The van der Waals surface area contributed by atoms with Crippen molar-refractivity contribution >= 4 is 5.91 Å². The summed E-state index contributed by atoms with van der Waals surface area (Å²) in [6.07, 6.45) is 2.73. The molecule has 0 aliphatic carbocycles. The van der Waals surface area contributed by atoms with Crippen molar-refractivity contribution in [1.29, 1.82) is 0 Å². The predicted octanol–water partition coefficient (Wildman–Crippen LogP) is 2.06. The van der Waals surface area contributed by atoms with Crippen molar-refractivity contribution in [3.8, 4) is 5.75 Å². The molecule has 1 saturated heterocycles. The van der Waals surface area contributed by atoms with Crippen molar-refractivity contribution < 1.29 is 9.53 Å². The van der Waals surface area contributed by atoms with Crippen LogP contribution in [0.25, 0.3) is 0 Å². The number of amides is 1. The van der Waals surface area contributed by atoms with Gasteiger partial charge in [-0.2, -0.15) is 0 Å². The monoisotopic (exact) mass is 276 g/mol. The third kappa shape index (κ3) is 4.23. The highest BCUT2D eigenvalue weighted by Gasteiger charge is 2.17. The van der Waals surface area contributed by atoms with E-state index in [1.165, 1.54) is 0 Å². The minimum Gasteiger partial charge on any atom is -0.497 e. The van der Waals surface area contributed by atoms with Crippen molar-refractivity contribution in [3.05, 3.63) is 29.8 Å². The number of hydrogen-bond acceptors (Lipinski definition) is 3. The van der Waals surface area contributed by atoms with Gasteiger partial charge >= 0.3 is 0 Å². The fraction of sp³-hybridized carbons (Fsp3) is 0.562. The topological polar surface area (TPSA) is 50.4 Å². The fourth-order valence-electron chi connectivity index (χ4n) is 2.61. The molecule has 1 amide bonds. The van der Waals surface area contributed by atoms with Crippen LogP contribution in [-0.2, 0) is 4.79 Å². The molecule has 1 aromatic rings. The molecule has 0 radical (unpaired) electrons. The lowest BCUT2D eigenvalue weighted by molar-refractivity contribution is -0.122. The van der Waals surface area contributed by atoms with E-state index in [1.807, 2.05) is 24.3 Å². The van der Waals surface area contributed by atoms with E-state index in [4.69, 9.17) is 4.74 Å². The van der Waals surface area contributed by atoms with E-state index in [9.17, 15) is 4.79 Å². The number of nitrogens with one attached hydrogen (secondary N) is 2. The number of ether oxygens (including phenoxy) is 1. The lowest BCUT2D eigenvalue weighted by Gasteiger charge is -2.24. The molecule has 2 atom stereocenters. The Morgan fingerprint density at radius 2 is 2.40 bits per heavy atom. The molecule has 2 N–H and O–H groups in total. The number of carbonyl (C=O) groups excluding carboxylic acids is 1. The smallest absolute Gasteiger partial charge is 0.220 e. The molecule has 1 fully saturated rings. The van der Waals surface area contributed by atoms with Gasteiger partial charge in [-0.05, 0) is 43.0 Å². The third-order valence-electron chi connectivity index (χ3n) is 3.82. The predicted molar refractivity (Wildman–Crippen MR) is 80.1 cm³/mol. The second kappa shape index (κ2) is 7.29. The van der Waals surface area contributed by atoms with Crippen LogP contribution in [0.15, 0.2) is 24.3 Å². The highest BCUT2D eigenvalue weighted by molar-refractivity contribution is 5.77. The molecule has 1 aromatic carbocycles. The van der Waals surface area contributed by atoms with Crippen LogP contribution in [0, 0.1) is 0 Å². The lowest BCUT2D eigenvalue weighted by atomic mass is 9.97.